The summed E-state index contributed by atoms with van der Waals surface area (Å²) in [7, 11) is 0. The summed E-state index contributed by atoms with van der Waals surface area (Å²) in [6, 6.07) is 0. The molecule has 0 radical (unpaired) electrons. The maximum Gasteiger partial charge on any atom is 0.391 e. The van der Waals surface area contributed by atoms with Crippen molar-refractivity contribution in [3.63, 3.8) is 0 Å². The first kappa shape index (κ1) is 11.4. The summed E-state index contributed by atoms with van der Waals surface area (Å²) in [5.41, 5.74) is 0. The Hall–Kier alpha value is -0.580. The molecule has 0 heterocycles. The normalized spacial score (nSPS) is 11.7. The van der Waals surface area contributed by atoms with Crippen molar-refractivity contribution in [2.75, 3.05) is 13.2 Å². The minimum absolute atomic E-state index is 0.183. The lowest BCUT2D eigenvalue weighted by atomic mass is 10.3. The van der Waals surface area contributed by atoms with Crippen LogP contribution in [-0.4, -0.2) is 25.2 Å². The molecule has 0 fully saturated rings. The second kappa shape index (κ2) is 5.13. The number of hydrogen-bond donors (Lipinski definition) is 0. The van der Waals surface area contributed by atoms with Crippen LogP contribution in [0.4, 0.5) is 13.2 Å². The average Bonchev–Trinajstić information content (AvgIpc) is 1.96. The maximum atomic E-state index is 11.5. The second-order valence-corrected chi connectivity index (χ2v) is 2.31. The first-order valence-electron chi connectivity index (χ1n) is 3.62. The van der Waals surface area contributed by atoms with Crippen molar-refractivity contribution in [2.45, 2.75) is 25.9 Å². The quantitative estimate of drug-likeness (QED) is 0.610. The van der Waals surface area contributed by atoms with Crippen molar-refractivity contribution >= 4 is 5.78 Å². The van der Waals surface area contributed by atoms with Crippen molar-refractivity contribution in [3.8, 4) is 0 Å². The van der Waals surface area contributed by atoms with Gasteiger partial charge in [0.15, 0.2) is 5.78 Å². The molecular formula is C7H11F3O2. The number of Topliss-reactive ketones (excluding diaryl/α,β-unsaturated/α-hetero) is 1. The van der Waals surface area contributed by atoms with Crippen molar-refractivity contribution in [1.29, 1.82) is 0 Å². The molecule has 0 unspecified atom stereocenters. The first-order chi connectivity index (χ1) is 5.45. The average molecular weight is 184 g/mol. The van der Waals surface area contributed by atoms with Crippen LogP contribution < -0.4 is 0 Å². The number of carbonyl (C=O) groups excluding carboxylic acids is 1. The van der Waals surface area contributed by atoms with Gasteiger partial charge in [0.1, 0.15) is 6.61 Å². The van der Waals surface area contributed by atoms with E-state index in [-0.39, 0.29) is 12.4 Å². The highest BCUT2D eigenvalue weighted by atomic mass is 19.4. The Labute approximate surface area is 68.7 Å². The zero-order valence-electron chi connectivity index (χ0n) is 6.78. The zero-order valence-corrected chi connectivity index (χ0v) is 6.78. The predicted molar refractivity (Wildman–Crippen MR) is 36.8 cm³/mol. The predicted octanol–water partition coefficient (Wildman–Crippen LogP) is 1.93. The summed E-state index contributed by atoms with van der Waals surface area (Å²) in [6.07, 6.45) is -4.90. The molecule has 2 nitrogen and oxygen atoms in total. The van der Waals surface area contributed by atoms with Crippen LogP contribution in [0, 0.1) is 0 Å². The lowest BCUT2D eigenvalue weighted by Crippen LogP contribution is -2.14. The number of halogens is 3. The van der Waals surface area contributed by atoms with Crippen LogP contribution >= 0.6 is 0 Å². The summed E-state index contributed by atoms with van der Waals surface area (Å²) in [5, 5.41) is 0. The monoisotopic (exact) mass is 184 g/mol. The number of carbonyl (C=O) groups is 1. The fraction of sp³-hybridized carbons (Fsp3) is 0.857. The maximum absolute atomic E-state index is 11.5. The summed E-state index contributed by atoms with van der Waals surface area (Å²) >= 11 is 0. The number of hydrogen-bond acceptors (Lipinski definition) is 2. The molecule has 0 aromatic rings. The van der Waals surface area contributed by atoms with E-state index >= 15 is 0 Å². The van der Waals surface area contributed by atoms with Gasteiger partial charge < -0.3 is 4.74 Å². The lowest BCUT2D eigenvalue weighted by molar-refractivity contribution is -0.148. The topological polar surface area (TPSA) is 26.3 Å². The Bertz CT molecular complexity index is 142. The molecule has 0 spiro atoms. The van der Waals surface area contributed by atoms with Gasteiger partial charge in [0.2, 0.25) is 0 Å². The van der Waals surface area contributed by atoms with Crippen LogP contribution in [0.1, 0.15) is 19.8 Å². The van der Waals surface area contributed by atoms with E-state index in [1.54, 1.807) is 6.92 Å². The molecule has 0 bridgehead atoms. The third kappa shape index (κ3) is 7.53. The Morgan fingerprint density at radius 2 is 2.00 bits per heavy atom. The van der Waals surface area contributed by atoms with E-state index in [0.29, 0.717) is 6.42 Å². The number of ketones is 1. The number of alkyl halides is 3. The molecule has 72 valence electrons. The van der Waals surface area contributed by atoms with Crippen molar-refractivity contribution < 1.29 is 22.7 Å². The Morgan fingerprint density at radius 3 is 2.42 bits per heavy atom. The van der Waals surface area contributed by atoms with Gasteiger partial charge in [0, 0.05) is 6.42 Å². The van der Waals surface area contributed by atoms with Crippen molar-refractivity contribution in [2.24, 2.45) is 0 Å². The molecular weight excluding hydrogens is 173 g/mol. The molecule has 0 saturated carbocycles. The van der Waals surface area contributed by atoms with Gasteiger partial charge in [-0.3, -0.25) is 4.79 Å². The van der Waals surface area contributed by atoms with E-state index in [9.17, 15) is 18.0 Å². The Balaban J connectivity index is 3.28. The first-order valence-corrected chi connectivity index (χ1v) is 3.62. The van der Waals surface area contributed by atoms with Crippen LogP contribution in [-0.2, 0) is 9.53 Å². The summed E-state index contributed by atoms with van der Waals surface area (Å²) in [4.78, 5) is 10.5. The van der Waals surface area contributed by atoms with E-state index < -0.39 is 19.2 Å². The van der Waals surface area contributed by atoms with Crippen molar-refractivity contribution in [3.05, 3.63) is 0 Å². The molecule has 0 saturated heterocycles. The minimum Gasteiger partial charge on any atom is -0.373 e. The molecule has 5 heteroatoms. The smallest absolute Gasteiger partial charge is 0.373 e. The largest absolute Gasteiger partial charge is 0.391 e. The Morgan fingerprint density at radius 1 is 1.42 bits per heavy atom. The Kier molecular flexibility index (Phi) is 4.89. The van der Waals surface area contributed by atoms with Crippen LogP contribution in [0.25, 0.3) is 0 Å². The highest BCUT2D eigenvalue weighted by molar-refractivity contribution is 5.79. The van der Waals surface area contributed by atoms with Gasteiger partial charge in [0.25, 0.3) is 0 Å². The highest BCUT2D eigenvalue weighted by Gasteiger charge is 2.26. The summed E-state index contributed by atoms with van der Waals surface area (Å²) in [5.74, 6) is -0.183. The van der Waals surface area contributed by atoms with Gasteiger partial charge >= 0.3 is 6.18 Å². The molecule has 0 N–H and O–H groups in total. The van der Waals surface area contributed by atoms with Crippen molar-refractivity contribution in [1.82, 2.24) is 0 Å². The SMILES string of the molecule is CCC(=O)COCCC(F)(F)F. The summed E-state index contributed by atoms with van der Waals surface area (Å²) in [6.45, 7) is 0.983. The van der Waals surface area contributed by atoms with E-state index in [1.807, 2.05) is 0 Å². The fourth-order valence-corrected chi connectivity index (χ4v) is 0.476. The molecule has 0 aliphatic rings. The molecule has 0 amide bonds. The molecule has 0 aromatic heterocycles. The van der Waals surface area contributed by atoms with E-state index in [4.69, 9.17) is 0 Å². The van der Waals surface area contributed by atoms with Gasteiger partial charge in [-0.25, -0.2) is 0 Å². The molecule has 0 aromatic carbocycles. The van der Waals surface area contributed by atoms with Gasteiger partial charge in [0.05, 0.1) is 13.0 Å². The second-order valence-electron chi connectivity index (χ2n) is 2.31. The van der Waals surface area contributed by atoms with Crippen LogP contribution in [0.5, 0.6) is 0 Å². The minimum atomic E-state index is -4.20. The summed E-state index contributed by atoms with van der Waals surface area (Å²) < 4.78 is 39.0. The van der Waals surface area contributed by atoms with E-state index in [0.717, 1.165) is 0 Å². The molecule has 0 aliphatic heterocycles. The van der Waals surface area contributed by atoms with Crippen LogP contribution in [0.2, 0.25) is 0 Å². The number of rotatable bonds is 5. The van der Waals surface area contributed by atoms with Gasteiger partial charge in [-0.05, 0) is 0 Å². The highest BCUT2D eigenvalue weighted by Crippen LogP contribution is 2.18. The zero-order chi connectivity index (χ0) is 9.61. The molecule has 0 atom stereocenters. The van der Waals surface area contributed by atoms with E-state index in [1.165, 1.54) is 0 Å². The third-order valence-corrected chi connectivity index (χ3v) is 1.19. The van der Waals surface area contributed by atoms with Crippen LogP contribution in [0.15, 0.2) is 0 Å². The standard InChI is InChI=1S/C7H11F3O2/c1-2-6(11)5-12-4-3-7(8,9)10/h2-5H2,1H3. The number of ether oxygens (including phenoxy) is 1. The fourth-order valence-electron chi connectivity index (χ4n) is 0.476. The van der Waals surface area contributed by atoms with Gasteiger partial charge in [-0.1, -0.05) is 6.92 Å². The molecule has 12 heavy (non-hydrogen) atoms. The molecule has 0 rings (SSSR count). The third-order valence-electron chi connectivity index (χ3n) is 1.19. The van der Waals surface area contributed by atoms with Gasteiger partial charge in [-0.15, -0.1) is 0 Å². The lowest BCUT2D eigenvalue weighted by Gasteiger charge is -2.05. The van der Waals surface area contributed by atoms with Crippen LogP contribution in [0.3, 0.4) is 0 Å². The molecule has 0 aliphatic carbocycles. The van der Waals surface area contributed by atoms with E-state index in [2.05, 4.69) is 4.74 Å². The van der Waals surface area contributed by atoms with Gasteiger partial charge in [-0.2, -0.15) is 13.2 Å².